The van der Waals surface area contributed by atoms with Crippen LogP contribution in [-0.2, 0) is 56.9 Å². The predicted molar refractivity (Wildman–Crippen MR) is 226 cm³/mol. The lowest BCUT2D eigenvalue weighted by Crippen LogP contribution is -2.62. The molecule has 8 rings (SSSR count). The van der Waals surface area contributed by atoms with E-state index in [2.05, 4.69) is 13.0 Å². The monoisotopic (exact) mass is 924 g/mol. The fourth-order valence-corrected chi connectivity index (χ4v) is 12.1. The van der Waals surface area contributed by atoms with Crippen molar-refractivity contribution in [3.63, 3.8) is 0 Å². The number of Topliss-reactive ketones (excluding diaryl/α,β-unsaturated/α-hetero) is 1. The average Bonchev–Trinajstić information content (AvgIpc) is 3.71. The van der Waals surface area contributed by atoms with Gasteiger partial charge in [-0.05, 0) is 77.2 Å². The Labute approximate surface area is 381 Å². The molecule has 0 radical (unpaired) electrons. The molecule has 65 heavy (non-hydrogen) atoms. The van der Waals surface area contributed by atoms with Crippen LogP contribution >= 0.6 is 0 Å². The molecule has 6 fully saturated rings. The number of ketones is 1. The van der Waals surface area contributed by atoms with Gasteiger partial charge in [0.15, 0.2) is 25.2 Å². The molecule has 7 aliphatic rings. The zero-order chi connectivity index (χ0) is 46.5. The molecule has 1 aromatic rings. The molecule has 2 saturated carbocycles. The van der Waals surface area contributed by atoms with Gasteiger partial charge in [0.05, 0.1) is 61.7 Å². The van der Waals surface area contributed by atoms with Crippen molar-refractivity contribution in [2.45, 2.75) is 209 Å². The summed E-state index contributed by atoms with van der Waals surface area (Å²) in [6.07, 6.45) is -6.91. The van der Waals surface area contributed by atoms with Crippen LogP contribution in [0.3, 0.4) is 0 Å². The van der Waals surface area contributed by atoms with Crippen molar-refractivity contribution in [3.05, 3.63) is 35.3 Å². The van der Waals surface area contributed by atoms with Gasteiger partial charge in [0.1, 0.15) is 54.3 Å². The Balaban J connectivity index is 0.835. The van der Waals surface area contributed by atoms with Crippen LogP contribution in [0.4, 0.5) is 0 Å². The Morgan fingerprint density at radius 1 is 0.723 bits per heavy atom. The number of carbonyl (C=O) groups is 1. The van der Waals surface area contributed by atoms with Gasteiger partial charge < -0.3 is 82.1 Å². The third-order valence-electron chi connectivity index (χ3n) is 15.7. The zero-order valence-electron chi connectivity index (χ0n) is 38.8. The minimum Gasteiger partial charge on any atom is -0.469 e. The fraction of sp³-hybridized carbons (Fsp3) is 0.851. The SMILES string of the molecule is CO[C@H]1C[C@H](O[C@@H]2CC3=CC[C@H]4C(=O)[C@@H](c5ccoc5C)CC[C@@H]4[C@@]3(C)C[C@H]2O)O[C@H](C)[C@H]1O[C@H]1C[C@@H](OC)[C@@H](O[C@H]2C[C@H](OC)[C@H](O[C@@H]3O[C@H](CO)[C@@H](O)[C@H](O)[C@H]3O)[C@@H](C)O2)[C@H](C)O1. The first-order valence-electron chi connectivity index (χ1n) is 23.5. The lowest BCUT2D eigenvalue weighted by atomic mass is 9.51. The molecule has 1 aromatic heterocycles. The summed E-state index contributed by atoms with van der Waals surface area (Å²) >= 11 is 0. The second-order valence-electron chi connectivity index (χ2n) is 19.6. The van der Waals surface area contributed by atoms with E-state index < -0.39 is 123 Å². The summed E-state index contributed by atoms with van der Waals surface area (Å²) in [5.41, 5.74) is 1.95. The lowest BCUT2D eigenvalue weighted by Gasteiger charge is -2.54. The van der Waals surface area contributed by atoms with Crippen molar-refractivity contribution in [3.8, 4) is 0 Å². The van der Waals surface area contributed by atoms with Crippen LogP contribution in [0.15, 0.2) is 28.4 Å². The molecular formula is C47H72O18. The Kier molecular flexibility index (Phi) is 15.7. The molecule has 368 valence electrons. The first kappa shape index (κ1) is 49.5. The smallest absolute Gasteiger partial charge is 0.187 e. The van der Waals surface area contributed by atoms with E-state index in [1.807, 2.05) is 26.8 Å². The van der Waals surface area contributed by atoms with Gasteiger partial charge in [0.25, 0.3) is 0 Å². The third kappa shape index (κ3) is 9.81. The zero-order valence-corrected chi connectivity index (χ0v) is 38.8. The van der Waals surface area contributed by atoms with Gasteiger partial charge in [0, 0.05) is 58.0 Å². The number of rotatable bonds is 13. The minimum atomic E-state index is -1.59. The van der Waals surface area contributed by atoms with Crippen LogP contribution in [-0.4, -0.2) is 176 Å². The Morgan fingerprint density at radius 2 is 1.28 bits per heavy atom. The van der Waals surface area contributed by atoms with Gasteiger partial charge in [0.2, 0.25) is 0 Å². The number of methoxy groups -OCH3 is 3. The van der Waals surface area contributed by atoms with E-state index in [-0.39, 0.29) is 35.4 Å². The Bertz CT molecular complexity index is 1770. The number of ether oxygens (including phenoxy) is 11. The summed E-state index contributed by atoms with van der Waals surface area (Å²) in [4.78, 5) is 13.9. The van der Waals surface area contributed by atoms with Crippen LogP contribution in [0.2, 0.25) is 0 Å². The molecule has 0 spiro atoms. The van der Waals surface area contributed by atoms with Crippen molar-refractivity contribution < 1.29 is 86.8 Å². The van der Waals surface area contributed by atoms with E-state index in [9.17, 15) is 30.3 Å². The second-order valence-corrected chi connectivity index (χ2v) is 19.6. The van der Waals surface area contributed by atoms with E-state index >= 15 is 0 Å². The fourth-order valence-electron chi connectivity index (χ4n) is 12.1. The molecule has 23 atom stereocenters. The molecule has 0 bridgehead atoms. The van der Waals surface area contributed by atoms with Crippen LogP contribution < -0.4 is 0 Å². The largest absolute Gasteiger partial charge is 0.469 e. The van der Waals surface area contributed by atoms with Crippen molar-refractivity contribution in [1.29, 1.82) is 0 Å². The van der Waals surface area contributed by atoms with Crippen molar-refractivity contribution in [2.24, 2.45) is 17.3 Å². The molecule has 18 heteroatoms. The summed E-state index contributed by atoms with van der Waals surface area (Å²) in [5.74, 6) is 1.04. The van der Waals surface area contributed by atoms with Crippen molar-refractivity contribution in [1.82, 2.24) is 0 Å². The van der Waals surface area contributed by atoms with Gasteiger partial charge in [-0.25, -0.2) is 0 Å². The van der Waals surface area contributed by atoms with Crippen LogP contribution in [0.1, 0.15) is 96.3 Å². The van der Waals surface area contributed by atoms with E-state index in [0.717, 1.165) is 24.2 Å². The first-order chi connectivity index (χ1) is 31.1. The summed E-state index contributed by atoms with van der Waals surface area (Å²) in [5, 5.41) is 52.3. The highest BCUT2D eigenvalue weighted by atomic mass is 16.8. The quantitative estimate of drug-likeness (QED) is 0.179. The van der Waals surface area contributed by atoms with Gasteiger partial charge in [-0.15, -0.1) is 0 Å². The molecule has 0 amide bonds. The number of allylic oxidation sites excluding steroid dienone is 1. The van der Waals surface area contributed by atoms with Crippen LogP contribution in [0.25, 0.3) is 0 Å². The number of hydrogen-bond donors (Lipinski definition) is 5. The van der Waals surface area contributed by atoms with Gasteiger partial charge in [-0.2, -0.15) is 0 Å². The average molecular weight is 925 g/mol. The normalized spacial score (nSPS) is 48.3. The molecule has 4 aliphatic heterocycles. The van der Waals surface area contributed by atoms with Gasteiger partial charge in [-0.1, -0.05) is 18.6 Å². The molecule has 0 unspecified atom stereocenters. The summed E-state index contributed by atoms with van der Waals surface area (Å²) in [7, 11) is 4.76. The van der Waals surface area contributed by atoms with Gasteiger partial charge >= 0.3 is 0 Å². The van der Waals surface area contributed by atoms with Crippen LogP contribution in [0.5, 0.6) is 0 Å². The van der Waals surface area contributed by atoms with Gasteiger partial charge in [-0.3, -0.25) is 4.79 Å². The first-order valence-corrected chi connectivity index (χ1v) is 23.5. The third-order valence-corrected chi connectivity index (χ3v) is 15.7. The highest BCUT2D eigenvalue weighted by molar-refractivity contribution is 5.89. The molecule has 5 heterocycles. The van der Waals surface area contributed by atoms with Crippen molar-refractivity contribution >= 4 is 5.78 Å². The second kappa shape index (κ2) is 20.6. The number of furan rings is 1. The molecule has 4 saturated heterocycles. The number of aliphatic hydroxyl groups is 5. The molecule has 3 aliphatic carbocycles. The highest BCUT2D eigenvalue weighted by Gasteiger charge is 2.55. The van der Waals surface area contributed by atoms with Crippen molar-refractivity contribution in [2.75, 3.05) is 27.9 Å². The number of hydrogen-bond acceptors (Lipinski definition) is 18. The minimum absolute atomic E-state index is 0.0811. The predicted octanol–water partition coefficient (Wildman–Crippen LogP) is 2.55. The number of fused-ring (bicyclic) bond motifs is 3. The van der Waals surface area contributed by atoms with Crippen LogP contribution in [0, 0.1) is 24.2 Å². The van der Waals surface area contributed by atoms with E-state index in [4.69, 9.17) is 56.5 Å². The molecular weight excluding hydrogens is 852 g/mol. The summed E-state index contributed by atoms with van der Waals surface area (Å²) in [6, 6.07) is 1.93. The number of carbonyl (C=O) groups excluding carboxylic acids is 1. The maximum absolute atomic E-state index is 13.9. The maximum Gasteiger partial charge on any atom is 0.187 e. The Morgan fingerprint density at radius 3 is 1.80 bits per heavy atom. The van der Waals surface area contributed by atoms with E-state index in [0.29, 0.717) is 32.1 Å². The number of aliphatic hydroxyl groups excluding tert-OH is 5. The Hall–Kier alpha value is -1.95. The lowest BCUT2D eigenvalue weighted by molar-refractivity contribution is -0.357. The van der Waals surface area contributed by atoms with E-state index in [1.165, 1.54) is 12.7 Å². The highest BCUT2D eigenvalue weighted by Crippen LogP contribution is 2.58. The summed E-state index contributed by atoms with van der Waals surface area (Å²) in [6.45, 7) is 9.11. The standard InChI is InChI=1S/C47H72O18/c1-21-26(13-14-57-21)27-11-12-29-28(39(27)50)10-9-25-15-31(30(49)19-47(25,29)5)61-36-16-32(54-6)43(22(2)58-36)63-37-17-33(55-7)44(23(3)59-37)64-38-18-34(56-8)45(24(4)60-38)65-46-42(53)41(52)40(51)35(20-48)62-46/h9,13-14,22-24,27-38,40-46,48-49,51-53H,10-12,15-20H2,1-8H3/t22-,23+,24-,27-,28-,29+,30-,31-,32+,33-,34+,35-,36+,37+,38+,40-,41+,42-,43-,44+,45-,46+,47+/m1/s1. The molecule has 18 nitrogen and oxygen atoms in total. The molecule has 0 aromatic carbocycles. The molecule has 5 N–H and O–H groups in total. The maximum atomic E-state index is 13.9. The van der Waals surface area contributed by atoms with E-state index in [1.54, 1.807) is 27.4 Å². The topological polar surface area (TPSA) is 233 Å². The summed E-state index contributed by atoms with van der Waals surface area (Å²) < 4.78 is 73.7. The number of aryl methyl sites for hydroxylation is 1.